The number of nitrogens with zero attached hydrogens (tertiary/aromatic N) is 3. The fraction of sp³-hybridized carbons (Fsp3) is 0.167. The Balaban J connectivity index is 1.41. The van der Waals surface area contributed by atoms with E-state index >= 15 is 0 Å². The van der Waals surface area contributed by atoms with Gasteiger partial charge < -0.3 is 9.40 Å². The highest BCUT2D eigenvalue weighted by Gasteiger charge is 2.17. The number of hydrogen-bond acceptors (Lipinski definition) is 7. The van der Waals surface area contributed by atoms with Crippen molar-refractivity contribution in [2.75, 3.05) is 0 Å². The molecule has 0 unspecified atom stereocenters. The van der Waals surface area contributed by atoms with Gasteiger partial charge in [0.25, 0.3) is 10.8 Å². The number of nitrogens with one attached hydrogen (secondary N) is 1. The van der Waals surface area contributed by atoms with Crippen molar-refractivity contribution < 1.29 is 4.42 Å². The van der Waals surface area contributed by atoms with E-state index in [1.807, 2.05) is 45.0 Å². The summed E-state index contributed by atoms with van der Waals surface area (Å²) in [5.41, 5.74) is 5.03. The molecule has 0 fully saturated rings. The van der Waals surface area contributed by atoms with Crippen LogP contribution in [0.25, 0.3) is 32.8 Å². The second-order valence-corrected chi connectivity index (χ2v) is 9.70. The summed E-state index contributed by atoms with van der Waals surface area (Å²) in [6, 6.07) is 16.1. The van der Waals surface area contributed by atoms with Gasteiger partial charge in [0.1, 0.15) is 10.7 Å². The predicted molar refractivity (Wildman–Crippen MR) is 129 cm³/mol. The smallest absolute Gasteiger partial charge is 0.277 e. The maximum Gasteiger partial charge on any atom is 0.277 e. The Bertz CT molecular complexity index is 1480. The van der Waals surface area contributed by atoms with Gasteiger partial charge in [0.05, 0.1) is 11.1 Å². The first-order chi connectivity index (χ1) is 15.5. The molecule has 160 valence electrons. The lowest BCUT2D eigenvalue weighted by Crippen LogP contribution is -2.10. The van der Waals surface area contributed by atoms with Crippen molar-refractivity contribution >= 4 is 33.3 Å². The van der Waals surface area contributed by atoms with E-state index in [1.165, 1.54) is 28.7 Å². The van der Waals surface area contributed by atoms with Gasteiger partial charge in [-0.1, -0.05) is 59.8 Å². The molecule has 0 saturated carbocycles. The van der Waals surface area contributed by atoms with Gasteiger partial charge >= 0.3 is 0 Å². The molecule has 6 nitrogen and oxygen atoms in total. The third-order valence-electron chi connectivity index (χ3n) is 5.24. The van der Waals surface area contributed by atoms with Crippen LogP contribution in [-0.4, -0.2) is 20.2 Å². The first-order valence-corrected chi connectivity index (χ1v) is 11.9. The van der Waals surface area contributed by atoms with Crippen molar-refractivity contribution in [2.45, 2.75) is 31.7 Å². The fourth-order valence-electron chi connectivity index (χ4n) is 3.62. The number of H-pyrrole nitrogens is 1. The van der Waals surface area contributed by atoms with Crippen molar-refractivity contribution in [3.8, 4) is 22.6 Å². The van der Waals surface area contributed by atoms with E-state index in [0.717, 1.165) is 32.0 Å². The van der Waals surface area contributed by atoms with E-state index in [2.05, 4.69) is 39.4 Å². The molecular formula is C24H20N4O2S2. The molecule has 3 aromatic heterocycles. The highest BCUT2D eigenvalue weighted by molar-refractivity contribution is 7.98. The average Bonchev–Trinajstić information content (AvgIpc) is 3.37. The van der Waals surface area contributed by atoms with Gasteiger partial charge in [-0.05, 0) is 38.0 Å². The summed E-state index contributed by atoms with van der Waals surface area (Å²) in [6.07, 6.45) is 0. The highest BCUT2D eigenvalue weighted by Crippen LogP contribution is 2.36. The zero-order valence-electron chi connectivity index (χ0n) is 17.8. The van der Waals surface area contributed by atoms with Crippen LogP contribution in [0.4, 0.5) is 0 Å². The largest absolute Gasteiger partial charge is 0.411 e. The molecule has 0 atom stereocenters. The number of thioether (sulfide) groups is 1. The molecule has 5 rings (SSSR count). The van der Waals surface area contributed by atoms with Crippen LogP contribution in [0.3, 0.4) is 0 Å². The first kappa shape index (κ1) is 20.7. The topological polar surface area (TPSA) is 84.7 Å². The lowest BCUT2D eigenvalue weighted by atomic mass is 10.0. The molecule has 0 aliphatic heterocycles. The summed E-state index contributed by atoms with van der Waals surface area (Å²) in [5, 5.41) is 9.36. The third-order valence-corrected chi connectivity index (χ3v) is 7.07. The standard InChI is InChI=1S/C24H20N4O2S2/c1-13-8-10-16(11-9-13)19-15(3)32-23-20(19)21(29)25-18(26-23)12-31-24-28-27-22(30-24)17-7-5-4-6-14(17)2/h4-11H,12H2,1-3H3,(H,25,26,29). The quantitative estimate of drug-likeness (QED) is 0.328. The number of benzene rings is 2. The van der Waals surface area contributed by atoms with Gasteiger partial charge in [0.2, 0.25) is 5.89 Å². The zero-order chi connectivity index (χ0) is 22.2. The maximum absolute atomic E-state index is 13.0. The lowest BCUT2D eigenvalue weighted by molar-refractivity contribution is 0.465. The molecule has 5 aromatic rings. The summed E-state index contributed by atoms with van der Waals surface area (Å²) < 4.78 is 5.80. The van der Waals surface area contributed by atoms with Crippen LogP contribution in [-0.2, 0) is 5.75 Å². The van der Waals surface area contributed by atoms with Gasteiger partial charge in [-0.15, -0.1) is 21.5 Å². The average molecular weight is 461 g/mol. The fourth-order valence-corrected chi connectivity index (χ4v) is 5.32. The van der Waals surface area contributed by atoms with Gasteiger partial charge in [-0.25, -0.2) is 4.98 Å². The molecule has 0 saturated heterocycles. The number of aromatic nitrogens is 4. The molecule has 0 spiro atoms. The highest BCUT2D eigenvalue weighted by atomic mass is 32.2. The monoisotopic (exact) mass is 460 g/mol. The van der Waals surface area contributed by atoms with E-state index in [1.54, 1.807) is 0 Å². The number of rotatable bonds is 5. The van der Waals surface area contributed by atoms with Gasteiger partial charge in [0.15, 0.2) is 0 Å². The first-order valence-electron chi connectivity index (χ1n) is 10.1. The second kappa shape index (κ2) is 8.37. The van der Waals surface area contributed by atoms with Crippen molar-refractivity contribution in [3.63, 3.8) is 0 Å². The molecule has 32 heavy (non-hydrogen) atoms. The SMILES string of the molecule is Cc1ccc(-c2c(C)sc3nc(CSc4nnc(-c5ccccc5C)o4)[nH]c(=O)c23)cc1. The van der Waals surface area contributed by atoms with Crippen molar-refractivity contribution in [1.82, 2.24) is 20.2 Å². The summed E-state index contributed by atoms with van der Waals surface area (Å²) in [6.45, 7) is 6.08. The summed E-state index contributed by atoms with van der Waals surface area (Å²) in [4.78, 5) is 22.4. The van der Waals surface area contributed by atoms with Crippen molar-refractivity contribution in [2.24, 2.45) is 0 Å². The van der Waals surface area contributed by atoms with Gasteiger partial charge in [0, 0.05) is 16.0 Å². The Morgan fingerprint density at radius 2 is 1.81 bits per heavy atom. The Morgan fingerprint density at radius 3 is 2.59 bits per heavy atom. The normalized spacial score (nSPS) is 11.3. The second-order valence-electron chi connectivity index (χ2n) is 7.57. The maximum atomic E-state index is 13.0. The van der Waals surface area contributed by atoms with Gasteiger partial charge in [-0.3, -0.25) is 4.79 Å². The minimum Gasteiger partial charge on any atom is -0.411 e. The van der Waals surface area contributed by atoms with E-state index in [9.17, 15) is 4.79 Å². The lowest BCUT2D eigenvalue weighted by Gasteiger charge is -2.03. The van der Waals surface area contributed by atoms with Crippen LogP contribution in [0.5, 0.6) is 0 Å². The molecule has 1 N–H and O–H groups in total. The third kappa shape index (κ3) is 3.87. The number of thiophene rings is 1. The van der Waals surface area contributed by atoms with Crippen LogP contribution >= 0.6 is 23.1 Å². The molecule has 2 aromatic carbocycles. The molecule has 0 radical (unpaired) electrons. The predicted octanol–water partition coefficient (Wildman–Crippen LogP) is 5.92. The summed E-state index contributed by atoms with van der Waals surface area (Å²) in [7, 11) is 0. The van der Waals surface area contributed by atoms with E-state index < -0.39 is 0 Å². The van der Waals surface area contributed by atoms with E-state index in [0.29, 0.717) is 28.1 Å². The van der Waals surface area contributed by atoms with Crippen molar-refractivity contribution in [1.29, 1.82) is 0 Å². The van der Waals surface area contributed by atoms with Crippen LogP contribution in [0.1, 0.15) is 21.8 Å². The molecule has 0 aliphatic carbocycles. The Morgan fingerprint density at radius 1 is 1.03 bits per heavy atom. The summed E-state index contributed by atoms with van der Waals surface area (Å²) in [5.74, 6) is 1.50. The number of hydrogen-bond donors (Lipinski definition) is 1. The van der Waals surface area contributed by atoms with Crippen LogP contribution < -0.4 is 5.56 Å². The summed E-state index contributed by atoms with van der Waals surface area (Å²) >= 11 is 2.89. The minimum absolute atomic E-state index is 0.128. The van der Waals surface area contributed by atoms with Crippen molar-refractivity contribution in [3.05, 3.63) is 80.7 Å². The molecule has 3 heterocycles. The van der Waals surface area contributed by atoms with E-state index in [4.69, 9.17) is 9.40 Å². The van der Waals surface area contributed by atoms with Crippen LogP contribution in [0, 0.1) is 20.8 Å². The van der Waals surface area contributed by atoms with Crippen LogP contribution in [0.2, 0.25) is 0 Å². The Hall–Kier alpha value is -3.23. The molecule has 0 aliphatic rings. The Kier molecular flexibility index (Phi) is 5.40. The zero-order valence-corrected chi connectivity index (χ0v) is 19.4. The van der Waals surface area contributed by atoms with Gasteiger partial charge in [-0.2, -0.15) is 0 Å². The molecular weight excluding hydrogens is 440 g/mol. The molecule has 8 heteroatoms. The van der Waals surface area contributed by atoms with Crippen LogP contribution in [0.15, 0.2) is 63.0 Å². The van der Waals surface area contributed by atoms with E-state index in [-0.39, 0.29) is 5.56 Å². The molecule has 0 bridgehead atoms. The number of fused-ring (bicyclic) bond motifs is 1. The number of aryl methyl sites for hydroxylation is 3. The molecule has 0 amide bonds. The number of aromatic amines is 1. The Labute approximate surface area is 192 Å². The minimum atomic E-state index is -0.128.